The molecule has 1 aromatic carbocycles. The van der Waals surface area contributed by atoms with Crippen LogP contribution >= 0.6 is 0 Å². The molecular formula is C19H22N2O. The molecule has 1 aromatic heterocycles. The maximum atomic E-state index is 12.3. The second-order valence-corrected chi connectivity index (χ2v) is 6.02. The molecule has 0 bridgehead atoms. The van der Waals surface area contributed by atoms with Crippen LogP contribution in [0.5, 0.6) is 0 Å². The van der Waals surface area contributed by atoms with Gasteiger partial charge in [-0.15, -0.1) is 0 Å². The third kappa shape index (κ3) is 3.53. The standard InChI is InChI=1S/C19H22N2O/c1-2-3-5-14-7-9-16(10-8-14)21-19(22)18-12-17(18)15-6-4-11-20-13-15/h4,6-11,13,17-18H,2-3,5,12H2,1H3,(H,21,22)/t17-,18-/m0/s1. The molecule has 3 heteroatoms. The summed E-state index contributed by atoms with van der Waals surface area (Å²) in [6.45, 7) is 2.20. The Labute approximate surface area is 131 Å². The number of nitrogens with zero attached hydrogens (tertiary/aromatic N) is 1. The van der Waals surface area contributed by atoms with Crippen LogP contribution in [0.25, 0.3) is 0 Å². The molecule has 1 fully saturated rings. The van der Waals surface area contributed by atoms with Crippen LogP contribution in [0.1, 0.15) is 43.2 Å². The molecule has 22 heavy (non-hydrogen) atoms. The number of aryl methyl sites for hydroxylation is 1. The first kappa shape index (κ1) is 14.8. The number of anilines is 1. The highest BCUT2D eigenvalue weighted by Gasteiger charge is 2.44. The molecule has 0 saturated heterocycles. The number of aromatic nitrogens is 1. The average molecular weight is 294 g/mol. The van der Waals surface area contributed by atoms with E-state index in [1.165, 1.54) is 18.4 Å². The minimum atomic E-state index is 0.0870. The normalized spacial score (nSPS) is 19.7. The molecule has 2 atom stereocenters. The number of hydrogen-bond acceptors (Lipinski definition) is 2. The Kier molecular flexibility index (Phi) is 4.52. The van der Waals surface area contributed by atoms with Gasteiger partial charge in [-0.05, 0) is 54.5 Å². The highest BCUT2D eigenvalue weighted by molar-refractivity contribution is 5.95. The second-order valence-electron chi connectivity index (χ2n) is 6.02. The third-order valence-electron chi connectivity index (χ3n) is 4.28. The number of unbranched alkanes of at least 4 members (excludes halogenated alkanes) is 1. The molecule has 3 nitrogen and oxygen atoms in total. The van der Waals surface area contributed by atoms with Crippen LogP contribution in [0.3, 0.4) is 0 Å². The molecule has 0 radical (unpaired) electrons. The summed E-state index contributed by atoms with van der Waals surface area (Å²) in [7, 11) is 0. The highest BCUT2D eigenvalue weighted by Crippen LogP contribution is 2.47. The zero-order chi connectivity index (χ0) is 15.4. The molecule has 1 amide bonds. The van der Waals surface area contributed by atoms with Crippen LogP contribution in [0.15, 0.2) is 48.8 Å². The Hall–Kier alpha value is -2.16. The third-order valence-corrected chi connectivity index (χ3v) is 4.28. The fraction of sp³-hybridized carbons (Fsp3) is 0.368. The minimum Gasteiger partial charge on any atom is -0.326 e. The Morgan fingerprint density at radius 3 is 2.77 bits per heavy atom. The van der Waals surface area contributed by atoms with Gasteiger partial charge in [0, 0.05) is 24.0 Å². The van der Waals surface area contributed by atoms with Gasteiger partial charge in [-0.3, -0.25) is 9.78 Å². The van der Waals surface area contributed by atoms with E-state index in [0.29, 0.717) is 5.92 Å². The number of carbonyl (C=O) groups excluding carboxylic acids is 1. The van der Waals surface area contributed by atoms with Crippen LogP contribution in [-0.4, -0.2) is 10.9 Å². The van der Waals surface area contributed by atoms with Crippen LogP contribution in [-0.2, 0) is 11.2 Å². The van der Waals surface area contributed by atoms with E-state index < -0.39 is 0 Å². The minimum absolute atomic E-state index is 0.0870. The van der Waals surface area contributed by atoms with Crippen molar-refractivity contribution in [1.29, 1.82) is 0 Å². The van der Waals surface area contributed by atoms with Crippen LogP contribution in [0.2, 0.25) is 0 Å². The molecule has 1 aliphatic carbocycles. The first-order chi connectivity index (χ1) is 10.8. The van der Waals surface area contributed by atoms with Crippen molar-refractivity contribution in [1.82, 2.24) is 4.98 Å². The Balaban J connectivity index is 1.54. The summed E-state index contributed by atoms with van der Waals surface area (Å²) in [5, 5.41) is 3.03. The van der Waals surface area contributed by atoms with Gasteiger partial charge in [-0.25, -0.2) is 0 Å². The molecule has 1 saturated carbocycles. The largest absolute Gasteiger partial charge is 0.326 e. The quantitative estimate of drug-likeness (QED) is 0.869. The molecule has 3 rings (SSSR count). The van der Waals surface area contributed by atoms with Crippen molar-refractivity contribution in [3.05, 3.63) is 59.9 Å². The second kappa shape index (κ2) is 6.73. The fourth-order valence-corrected chi connectivity index (χ4v) is 2.82. The van der Waals surface area contributed by atoms with Crippen molar-refractivity contribution in [2.45, 2.75) is 38.5 Å². The molecule has 0 unspecified atom stereocenters. The van der Waals surface area contributed by atoms with E-state index in [-0.39, 0.29) is 11.8 Å². The van der Waals surface area contributed by atoms with Gasteiger partial charge in [0.15, 0.2) is 0 Å². The first-order valence-electron chi connectivity index (χ1n) is 8.07. The zero-order valence-corrected chi connectivity index (χ0v) is 13.0. The van der Waals surface area contributed by atoms with Gasteiger partial charge in [0.05, 0.1) is 0 Å². The number of hydrogen-bond donors (Lipinski definition) is 1. The molecule has 1 heterocycles. The lowest BCUT2D eigenvalue weighted by Crippen LogP contribution is -2.14. The maximum Gasteiger partial charge on any atom is 0.228 e. The SMILES string of the molecule is CCCCc1ccc(NC(=O)[C@H]2C[C@H]2c2cccnc2)cc1. The summed E-state index contributed by atoms with van der Waals surface area (Å²) in [5.74, 6) is 0.539. The van der Waals surface area contributed by atoms with E-state index in [1.54, 1.807) is 6.20 Å². The Morgan fingerprint density at radius 1 is 1.27 bits per heavy atom. The van der Waals surface area contributed by atoms with Crippen LogP contribution in [0, 0.1) is 5.92 Å². The van der Waals surface area contributed by atoms with Crippen molar-refractivity contribution in [3.63, 3.8) is 0 Å². The summed E-state index contributed by atoms with van der Waals surface area (Å²) in [6, 6.07) is 12.2. The number of rotatable bonds is 6. The van der Waals surface area contributed by atoms with Crippen molar-refractivity contribution < 1.29 is 4.79 Å². The smallest absolute Gasteiger partial charge is 0.228 e. The number of benzene rings is 1. The number of pyridine rings is 1. The number of nitrogens with one attached hydrogen (secondary N) is 1. The van der Waals surface area contributed by atoms with Gasteiger partial charge in [-0.2, -0.15) is 0 Å². The zero-order valence-electron chi connectivity index (χ0n) is 13.0. The number of amides is 1. The molecule has 2 aromatic rings. The molecule has 114 valence electrons. The van der Waals surface area contributed by atoms with Gasteiger partial charge in [-0.1, -0.05) is 31.5 Å². The van der Waals surface area contributed by atoms with Crippen molar-refractivity contribution in [2.75, 3.05) is 5.32 Å². The first-order valence-corrected chi connectivity index (χ1v) is 8.07. The summed E-state index contributed by atoms with van der Waals surface area (Å²) >= 11 is 0. The lowest BCUT2D eigenvalue weighted by Gasteiger charge is -2.06. The number of carbonyl (C=O) groups is 1. The topological polar surface area (TPSA) is 42.0 Å². The van der Waals surface area contributed by atoms with Crippen molar-refractivity contribution >= 4 is 11.6 Å². The lowest BCUT2D eigenvalue weighted by molar-refractivity contribution is -0.117. The summed E-state index contributed by atoms with van der Waals surface area (Å²) < 4.78 is 0. The lowest BCUT2D eigenvalue weighted by atomic mass is 10.1. The predicted molar refractivity (Wildman–Crippen MR) is 88.8 cm³/mol. The molecule has 0 aliphatic heterocycles. The maximum absolute atomic E-state index is 12.3. The van der Waals surface area contributed by atoms with Crippen molar-refractivity contribution in [3.8, 4) is 0 Å². The molecular weight excluding hydrogens is 272 g/mol. The van der Waals surface area contributed by atoms with E-state index in [0.717, 1.165) is 24.1 Å². The molecule has 1 N–H and O–H groups in total. The Bertz CT molecular complexity index is 622. The van der Waals surface area contributed by atoms with Gasteiger partial charge >= 0.3 is 0 Å². The van der Waals surface area contributed by atoms with E-state index >= 15 is 0 Å². The average Bonchev–Trinajstić information content (AvgIpc) is 3.36. The van der Waals surface area contributed by atoms with E-state index in [4.69, 9.17) is 0 Å². The van der Waals surface area contributed by atoms with Crippen molar-refractivity contribution in [2.24, 2.45) is 5.92 Å². The van der Waals surface area contributed by atoms with E-state index in [9.17, 15) is 4.79 Å². The van der Waals surface area contributed by atoms with Gasteiger partial charge in [0.1, 0.15) is 0 Å². The van der Waals surface area contributed by atoms with Gasteiger partial charge in [0.2, 0.25) is 5.91 Å². The summed E-state index contributed by atoms with van der Waals surface area (Å²) in [5.41, 5.74) is 3.39. The Morgan fingerprint density at radius 2 is 2.09 bits per heavy atom. The van der Waals surface area contributed by atoms with Crippen LogP contribution in [0.4, 0.5) is 5.69 Å². The molecule has 0 spiro atoms. The van der Waals surface area contributed by atoms with E-state index in [1.807, 2.05) is 30.5 Å². The van der Waals surface area contributed by atoms with Gasteiger partial charge < -0.3 is 5.32 Å². The highest BCUT2D eigenvalue weighted by atomic mass is 16.2. The molecule has 1 aliphatic rings. The predicted octanol–water partition coefficient (Wildman–Crippen LogP) is 4.17. The van der Waals surface area contributed by atoms with E-state index in [2.05, 4.69) is 29.4 Å². The monoisotopic (exact) mass is 294 g/mol. The summed E-state index contributed by atoms with van der Waals surface area (Å²) in [4.78, 5) is 16.4. The summed E-state index contributed by atoms with van der Waals surface area (Å²) in [6.07, 6.45) is 8.07. The fourth-order valence-electron chi connectivity index (χ4n) is 2.82. The van der Waals surface area contributed by atoms with Gasteiger partial charge in [0.25, 0.3) is 0 Å². The van der Waals surface area contributed by atoms with Crippen LogP contribution < -0.4 is 5.32 Å².